The van der Waals surface area contributed by atoms with Crippen LogP contribution >= 0.6 is 0 Å². The fraction of sp³-hybridized carbons (Fsp3) is 0.538. The van der Waals surface area contributed by atoms with Crippen molar-refractivity contribution in [3.05, 3.63) is 35.8 Å². The molecule has 1 saturated heterocycles. The molecule has 1 spiro atoms. The molecular formula is C26H27FN8O. The van der Waals surface area contributed by atoms with E-state index in [1.807, 2.05) is 19.9 Å². The van der Waals surface area contributed by atoms with Gasteiger partial charge in [0, 0.05) is 55.3 Å². The molecular weight excluding hydrogens is 459 g/mol. The summed E-state index contributed by atoms with van der Waals surface area (Å²) in [5.74, 6) is 2.00. The van der Waals surface area contributed by atoms with Crippen LogP contribution in [0.2, 0.25) is 0 Å². The van der Waals surface area contributed by atoms with Gasteiger partial charge in [-0.15, -0.1) is 0 Å². The van der Waals surface area contributed by atoms with Crippen molar-refractivity contribution < 1.29 is 9.18 Å². The molecule has 0 N–H and O–H groups in total. The van der Waals surface area contributed by atoms with Gasteiger partial charge in [-0.2, -0.15) is 10.5 Å². The number of amides is 1. The second-order valence-corrected chi connectivity index (χ2v) is 10.7. The molecule has 9 nitrogen and oxygen atoms in total. The minimum absolute atomic E-state index is 0.0114. The molecule has 0 aromatic carbocycles. The van der Waals surface area contributed by atoms with Gasteiger partial charge in [-0.05, 0) is 38.8 Å². The molecule has 2 aromatic heterocycles. The molecule has 2 saturated carbocycles. The first-order chi connectivity index (χ1) is 17.3. The molecule has 10 heteroatoms. The summed E-state index contributed by atoms with van der Waals surface area (Å²) in [5.41, 5.74) is 0.0778. The third-order valence-electron chi connectivity index (χ3n) is 8.49. The van der Waals surface area contributed by atoms with Gasteiger partial charge in [0.2, 0.25) is 5.91 Å². The summed E-state index contributed by atoms with van der Waals surface area (Å²) in [7, 11) is 0. The highest BCUT2D eigenvalue weighted by Gasteiger charge is 2.64. The van der Waals surface area contributed by atoms with Crippen molar-refractivity contribution in [3.63, 3.8) is 0 Å². The Labute approximate surface area is 209 Å². The van der Waals surface area contributed by atoms with Crippen molar-refractivity contribution in [1.29, 1.82) is 10.5 Å². The van der Waals surface area contributed by atoms with E-state index in [2.05, 4.69) is 25.8 Å². The van der Waals surface area contributed by atoms with Crippen LogP contribution in [0.4, 0.5) is 21.8 Å². The monoisotopic (exact) mass is 486 g/mol. The summed E-state index contributed by atoms with van der Waals surface area (Å²) < 4.78 is 14.0. The molecule has 4 heterocycles. The minimum Gasteiger partial charge on any atom is -0.350 e. The van der Waals surface area contributed by atoms with Gasteiger partial charge in [0.15, 0.2) is 5.41 Å². The number of piperazine rings is 1. The van der Waals surface area contributed by atoms with Crippen molar-refractivity contribution >= 4 is 23.4 Å². The lowest BCUT2D eigenvalue weighted by molar-refractivity contribution is -0.138. The SMILES string of the molecule is C[C@@H]1CN(c2ncnc3c2C2(CCC2)CN3c2cc(C#N)ccn2)[C@@H](C)CN1C(=O)C1(C#N)CC1F. The van der Waals surface area contributed by atoms with Gasteiger partial charge >= 0.3 is 0 Å². The number of aromatic nitrogens is 3. The van der Waals surface area contributed by atoms with Crippen molar-refractivity contribution in [1.82, 2.24) is 19.9 Å². The van der Waals surface area contributed by atoms with Crippen LogP contribution in [0.25, 0.3) is 0 Å². The van der Waals surface area contributed by atoms with Crippen molar-refractivity contribution in [2.45, 2.75) is 63.2 Å². The molecule has 36 heavy (non-hydrogen) atoms. The molecule has 4 atom stereocenters. The Hall–Kier alpha value is -3.79. The van der Waals surface area contributed by atoms with E-state index in [1.54, 1.807) is 29.6 Å². The normalized spacial score (nSPS) is 29.8. The van der Waals surface area contributed by atoms with Crippen molar-refractivity contribution in [2.24, 2.45) is 5.41 Å². The number of hydrogen-bond acceptors (Lipinski definition) is 8. The van der Waals surface area contributed by atoms with E-state index in [0.717, 1.165) is 43.0 Å². The van der Waals surface area contributed by atoms with Gasteiger partial charge in [-0.3, -0.25) is 4.79 Å². The molecule has 2 unspecified atom stereocenters. The number of nitrogens with zero attached hydrogens (tertiary/aromatic N) is 8. The Kier molecular flexibility index (Phi) is 4.95. The molecule has 2 aromatic rings. The second-order valence-electron chi connectivity index (χ2n) is 10.7. The second kappa shape index (κ2) is 7.86. The smallest absolute Gasteiger partial charge is 0.246 e. The van der Waals surface area contributed by atoms with Gasteiger partial charge in [0.25, 0.3) is 0 Å². The quantitative estimate of drug-likeness (QED) is 0.651. The number of fused-ring (bicyclic) bond motifs is 2. The number of carbonyl (C=O) groups is 1. The van der Waals surface area contributed by atoms with Crippen LogP contribution in [0, 0.1) is 28.1 Å². The Morgan fingerprint density at radius 2 is 1.89 bits per heavy atom. The van der Waals surface area contributed by atoms with Crippen LogP contribution < -0.4 is 9.80 Å². The lowest BCUT2D eigenvalue weighted by Gasteiger charge is -2.47. The largest absolute Gasteiger partial charge is 0.350 e. The highest BCUT2D eigenvalue weighted by molar-refractivity contribution is 5.90. The van der Waals surface area contributed by atoms with Crippen LogP contribution in [0.5, 0.6) is 0 Å². The Balaban J connectivity index is 1.34. The number of anilines is 3. The zero-order chi connectivity index (χ0) is 25.2. The average Bonchev–Trinajstić information content (AvgIpc) is 3.40. The average molecular weight is 487 g/mol. The van der Waals surface area contributed by atoms with Crippen LogP contribution in [-0.2, 0) is 10.2 Å². The molecule has 0 bridgehead atoms. The fourth-order valence-electron chi connectivity index (χ4n) is 6.13. The number of pyridine rings is 1. The maximum absolute atomic E-state index is 14.0. The lowest BCUT2D eigenvalue weighted by atomic mass is 9.66. The van der Waals surface area contributed by atoms with E-state index < -0.39 is 17.5 Å². The van der Waals surface area contributed by atoms with Crippen LogP contribution in [0.3, 0.4) is 0 Å². The molecule has 6 rings (SSSR count). The van der Waals surface area contributed by atoms with Crippen LogP contribution in [0.1, 0.15) is 50.7 Å². The third kappa shape index (κ3) is 3.10. The van der Waals surface area contributed by atoms with Gasteiger partial charge in [0.1, 0.15) is 30.0 Å². The molecule has 4 aliphatic rings. The summed E-state index contributed by atoms with van der Waals surface area (Å²) >= 11 is 0. The van der Waals surface area contributed by atoms with Crippen molar-refractivity contribution in [3.8, 4) is 12.1 Å². The highest BCUT2D eigenvalue weighted by atomic mass is 19.1. The van der Waals surface area contributed by atoms with E-state index in [0.29, 0.717) is 24.5 Å². The Bertz CT molecular complexity index is 1330. The van der Waals surface area contributed by atoms with E-state index in [4.69, 9.17) is 4.98 Å². The van der Waals surface area contributed by atoms with Gasteiger partial charge in [0.05, 0.1) is 17.7 Å². The van der Waals surface area contributed by atoms with E-state index in [-0.39, 0.29) is 23.9 Å². The molecule has 1 amide bonds. The first-order valence-electron chi connectivity index (χ1n) is 12.5. The standard InChI is InChI=1S/C26H27FN8O/c1-16-12-34(24(36)26(13-29)9-19(26)27)17(2)11-33(16)22-21-23(32-15-31-22)35(14-25(21)5-3-6-25)20-8-18(10-28)4-7-30-20/h4,7-8,15-17,19H,3,5-6,9,11-12,14H2,1-2H3/t16-,17+,19?,26?/m0/s1. The summed E-state index contributed by atoms with van der Waals surface area (Å²) in [6.07, 6.45) is 5.02. The Morgan fingerprint density at radius 1 is 1.14 bits per heavy atom. The van der Waals surface area contributed by atoms with Crippen LogP contribution in [-0.4, -0.2) is 63.6 Å². The summed E-state index contributed by atoms with van der Waals surface area (Å²) in [5, 5.41) is 18.8. The predicted octanol–water partition coefficient (Wildman–Crippen LogP) is 2.99. The topological polar surface area (TPSA) is 113 Å². The van der Waals surface area contributed by atoms with Crippen LogP contribution in [0.15, 0.2) is 24.7 Å². The molecule has 2 aliphatic heterocycles. The number of hydrogen-bond donors (Lipinski definition) is 0. The maximum Gasteiger partial charge on any atom is 0.246 e. The maximum atomic E-state index is 14.0. The summed E-state index contributed by atoms with van der Waals surface area (Å²) in [6, 6.07) is 7.35. The van der Waals surface area contributed by atoms with E-state index >= 15 is 0 Å². The first kappa shape index (κ1) is 22.7. The van der Waals surface area contributed by atoms with Gasteiger partial charge in [-0.1, -0.05) is 6.42 Å². The zero-order valence-electron chi connectivity index (χ0n) is 20.4. The number of carbonyl (C=O) groups excluding carboxylic acids is 1. The number of rotatable bonds is 3. The number of halogens is 1. The first-order valence-corrected chi connectivity index (χ1v) is 12.5. The number of alkyl halides is 1. The molecule has 2 aliphatic carbocycles. The minimum atomic E-state index is -1.51. The highest BCUT2D eigenvalue weighted by Crippen LogP contribution is 2.56. The summed E-state index contributed by atoms with van der Waals surface area (Å²) in [6.45, 7) is 5.66. The molecule has 0 radical (unpaired) electrons. The summed E-state index contributed by atoms with van der Waals surface area (Å²) in [4.78, 5) is 33.1. The zero-order valence-corrected chi connectivity index (χ0v) is 20.4. The third-order valence-corrected chi connectivity index (χ3v) is 8.49. The van der Waals surface area contributed by atoms with E-state index in [1.165, 1.54) is 0 Å². The molecule has 184 valence electrons. The van der Waals surface area contributed by atoms with Gasteiger partial charge in [-0.25, -0.2) is 19.3 Å². The van der Waals surface area contributed by atoms with Crippen molar-refractivity contribution in [2.75, 3.05) is 29.4 Å². The Morgan fingerprint density at radius 3 is 2.53 bits per heavy atom. The van der Waals surface area contributed by atoms with E-state index in [9.17, 15) is 19.7 Å². The molecule has 3 fully saturated rings. The fourth-order valence-corrected chi connectivity index (χ4v) is 6.13. The predicted molar refractivity (Wildman–Crippen MR) is 129 cm³/mol. The van der Waals surface area contributed by atoms with Gasteiger partial charge < -0.3 is 14.7 Å². The number of nitriles is 2. The lowest BCUT2D eigenvalue weighted by Crippen LogP contribution is -2.60.